The van der Waals surface area contributed by atoms with Gasteiger partial charge >= 0.3 is 0 Å². The monoisotopic (exact) mass is 412 g/mol. The van der Waals surface area contributed by atoms with Crippen molar-refractivity contribution in [1.29, 1.82) is 0 Å². The number of nitrogens with zero attached hydrogens (tertiary/aromatic N) is 1. The van der Waals surface area contributed by atoms with Crippen LogP contribution in [-0.2, 0) is 20.1 Å². The maximum absolute atomic E-state index is 11.9. The third kappa shape index (κ3) is 3.64. The van der Waals surface area contributed by atoms with Gasteiger partial charge in [-0.1, -0.05) is 42.1 Å². The minimum absolute atomic E-state index is 0.0848. The summed E-state index contributed by atoms with van der Waals surface area (Å²) >= 11 is 1.01. The zero-order valence-electron chi connectivity index (χ0n) is 13.6. The lowest BCUT2D eigenvalue weighted by Gasteiger charge is -2.27. The van der Waals surface area contributed by atoms with Crippen molar-refractivity contribution in [2.45, 2.75) is 16.5 Å². The Kier molecular flexibility index (Phi) is 4.88. The Morgan fingerprint density at radius 3 is 2.08 bits per heavy atom. The summed E-state index contributed by atoms with van der Waals surface area (Å²) in [6.07, 6.45) is 0. The lowest BCUT2D eigenvalue weighted by molar-refractivity contribution is 0.480. The predicted octanol–water partition coefficient (Wildman–Crippen LogP) is 2.45. The number of nitrogens with two attached hydrogens (primary N) is 1. The third-order valence-electron chi connectivity index (χ3n) is 3.81. The van der Waals surface area contributed by atoms with E-state index in [4.69, 9.17) is 5.14 Å². The number of sulfonamides is 1. The zero-order chi connectivity index (χ0) is 19.1. The van der Waals surface area contributed by atoms with Crippen LogP contribution in [0.3, 0.4) is 0 Å². The van der Waals surface area contributed by atoms with E-state index < -0.39 is 24.8 Å². The van der Waals surface area contributed by atoms with Gasteiger partial charge in [0.1, 0.15) is 0 Å². The van der Waals surface area contributed by atoms with Crippen molar-refractivity contribution in [3.05, 3.63) is 65.1 Å². The summed E-state index contributed by atoms with van der Waals surface area (Å²) < 4.78 is 55.1. The van der Waals surface area contributed by atoms with Crippen molar-refractivity contribution in [3.8, 4) is 0 Å². The van der Waals surface area contributed by atoms with Crippen molar-refractivity contribution in [1.82, 2.24) is 0 Å². The molecular formula is C16H16N2O5S3. The van der Waals surface area contributed by atoms with Gasteiger partial charge in [0.15, 0.2) is 0 Å². The number of primary sulfonamides is 1. The first-order valence-electron chi connectivity index (χ1n) is 7.40. The van der Waals surface area contributed by atoms with Crippen LogP contribution in [0.25, 0.3) is 5.70 Å². The number of hydrogen-bond donors (Lipinski definition) is 2. The molecular weight excluding hydrogens is 396 g/mol. The fourth-order valence-corrected chi connectivity index (χ4v) is 5.61. The Labute approximate surface area is 156 Å². The number of thioether (sulfide) groups is 1. The fraction of sp³-hybridized carbons (Fsp3) is 0.125. The maximum atomic E-state index is 11.9. The second-order valence-electron chi connectivity index (χ2n) is 5.62. The van der Waals surface area contributed by atoms with Gasteiger partial charge in [0.25, 0.3) is 10.1 Å². The van der Waals surface area contributed by atoms with Gasteiger partial charge in [-0.2, -0.15) is 8.42 Å². The van der Waals surface area contributed by atoms with Crippen molar-refractivity contribution < 1.29 is 21.4 Å². The molecule has 1 aliphatic heterocycles. The Morgan fingerprint density at radius 2 is 1.58 bits per heavy atom. The van der Waals surface area contributed by atoms with Crippen LogP contribution in [-0.4, -0.2) is 26.1 Å². The SMILES string of the molecule is CC1=C(c2ccccc2)N(c2ccc(S(N)(=O)=O)cc2)C(S(=O)(=O)O)S1. The molecule has 7 nitrogen and oxygen atoms in total. The van der Waals surface area contributed by atoms with Crippen LogP contribution in [0.1, 0.15) is 12.5 Å². The van der Waals surface area contributed by atoms with Crippen molar-refractivity contribution >= 4 is 43.3 Å². The summed E-state index contributed by atoms with van der Waals surface area (Å²) in [5.74, 6) is 0. The molecule has 10 heteroatoms. The molecule has 0 saturated carbocycles. The highest BCUT2D eigenvalue weighted by Gasteiger charge is 2.40. The minimum atomic E-state index is -4.41. The van der Waals surface area contributed by atoms with Crippen LogP contribution in [0.5, 0.6) is 0 Å². The highest BCUT2D eigenvalue weighted by molar-refractivity contribution is 8.14. The molecule has 0 fully saturated rings. The average Bonchev–Trinajstić information content (AvgIpc) is 2.92. The van der Waals surface area contributed by atoms with E-state index in [1.54, 1.807) is 6.92 Å². The molecule has 0 saturated heterocycles. The first-order valence-corrected chi connectivity index (χ1v) is 11.3. The standard InChI is InChI=1S/C16H16N2O5S3/c1-11-15(12-5-3-2-4-6-12)18(16(24-11)26(21,22)23)13-7-9-14(10-8-13)25(17,19)20/h2-10,16H,1H3,(H2,17,19,20)(H,21,22,23). The number of allylic oxidation sites excluding steroid dienone is 1. The van der Waals surface area contributed by atoms with Gasteiger partial charge in [0, 0.05) is 10.6 Å². The number of anilines is 1. The molecule has 1 aliphatic rings. The van der Waals surface area contributed by atoms with Crippen molar-refractivity contribution in [2.24, 2.45) is 5.14 Å². The highest BCUT2D eigenvalue weighted by Crippen LogP contribution is 2.47. The molecule has 1 heterocycles. The molecule has 138 valence electrons. The topological polar surface area (TPSA) is 118 Å². The largest absolute Gasteiger partial charge is 0.312 e. The smallest absolute Gasteiger partial charge is 0.297 e. The highest BCUT2D eigenvalue weighted by atomic mass is 32.3. The number of benzene rings is 2. The Balaban J connectivity index is 2.15. The van der Waals surface area contributed by atoms with Gasteiger partial charge < -0.3 is 4.90 Å². The lowest BCUT2D eigenvalue weighted by atomic mass is 10.1. The maximum Gasteiger partial charge on any atom is 0.297 e. The second-order valence-corrected chi connectivity index (χ2v) is 10.3. The summed E-state index contributed by atoms with van der Waals surface area (Å²) in [5.41, 5.74) is 1.82. The summed E-state index contributed by atoms with van der Waals surface area (Å²) in [5, 5.41) is 5.11. The number of hydrogen-bond acceptors (Lipinski definition) is 6. The molecule has 0 bridgehead atoms. The number of rotatable bonds is 4. The first-order chi connectivity index (χ1) is 12.1. The summed E-state index contributed by atoms with van der Waals surface area (Å²) in [7, 11) is -8.27. The van der Waals surface area contributed by atoms with Crippen molar-refractivity contribution in [3.63, 3.8) is 0 Å². The van der Waals surface area contributed by atoms with E-state index in [0.29, 0.717) is 16.3 Å². The van der Waals surface area contributed by atoms with E-state index in [1.807, 2.05) is 30.3 Å². The van der Waals surface area contributed by atoms with Gasteiger partial charge in [-0.3, -0.25) is 4.55 Å². The molecule has 0 aromatic heterocycles. The Morgan fingerprint density at radius 1 is 1.00 bits per heavy atom. The lowest BCUT2D eigenvalue weighted by Crippen LogP contribution is -2.34. The second kappa shape index (κ2) is 6.71. The van der Waals surface area contributed by atoms with E-state index >= 15 is 0 Å². The van der Waals surface area contributed by atoms with Crippen LogP contribution in [0, 0.1) is 0 Å². The predicted molar refractivity (Wildman–Crippen MR) is 102 cm³/mol. The molecule has 3 N–H and O–H groups in total. The van der Waals surface area contributed by atoms with Gasteiger partial charge in [0.2, 0.25) is 14.7 Å². The molecule has 26 heavy (non-hydrogen) atoms. The fourth-order valence-electron chi connectivity index (χ4n) is 2.71. The Bertz CT molecular complexity index is 1060. The van der Waals surface area contributed by atoms with E-state index in [9.17, 15) is 21.4 Å². The first kappa shape index (κ1) is 18.9. The molecule has 0 spiro atoms. The molecule has 3 rings (SSSR count). The van der Waals surface area contributed by atoms with Gasteiger partial charge in [0.05, 0.1) is 10.6 Å². The van der Waals surface area contributed by atoms with Crippen LogP contribution < -0.4 is 10.0 Å². The third-order valence-corrected chi connectivity index (χ3v) is 7.44. The normalized spacial score (nSPS) is 18.4. The van der Waals surface area contributed by atoms with Crippen LogP contribution in [0.2, 0.25) is 0 Å². The molecule has 1 unspecified atom stereocenters. The van der Waals surface area contributed by atoms with E-state index in [-0.39, 0.29) is 4.90 Å². The van der Waals surface area contributed by atoms with Gasteiger partial charge in [-0.05, 0) is 36.8 Å². The quantitative estimate of drug-likeness (QED) is 0.741. The van der Waals surface area contributed by atoms with E-state index in [1.165, 1.54) is 29.2 Å². The molecule has 1 atom stereocenters. The Hall–Kier alpha value is -1.85. The zero-order valence-corrected chi connectivity index (χ0v) is 16.1. The molecule has 0 amide bonds. The van der Waals surface area contributed by atoms with Crippen molar-refractivity contribution in [2.75, 3.05) is 4.90 Å². The summed E-state index contributed by atoms with van der Waals surface area (Å²) in [4.78, 5) is 2.10. The van der Waals surface area contributed by atoms with Crippen LogP contribution in [0.4, 0.5) is 5.69 Å². The van der Waals surface area contributed by atoms with Crippen LogP contribution >= 0.6 is 11.8 Å². The minimum Gasteiger partial charge on any atom is -0.312 e. The molecule has 0 aliphatic carbocycles. The molecule has 2 aromatic carbocycles. The van der Waals surface area contributed by atoms with E-state index in [2.05, 4.69) is 0 Å². The molecule has 0 radical (unpaired) electrons. The molecule has 2 aromatic rings. The summed E-state index contributed by atoms with van der Waals surface area (Å²) in [6.45, 7) is 1.77. The van der Waals surface area contributed by atoms with E-state index in [0.717, 1.165) is 17.3 Å². The summed E-state index contributed by atoms with van der Waals surface area (Å²) in [6, 6.07) is 14.7. The van der Waals surface area contributed by atoms with Crippen LogP contribution in [0.15, 0.2) is 64.4 Å². The average molecular weight is 413 g/mol. The van der Waals surface area contributed by atoms with Gasteiger partial charge in [-0.25, -0.2) is 13.6 Å². The van der Waals surface area contributed by atoms with Gasteiger partial charge in [-0.15, -0.1) is 0 Å².